The minimum atomic E-state index is 0.227. The number of rotatable bonds is 5. The van der Waals surface area contributed by atoms with Crippen LogP contribution in [0, 0.1) is 5.92 Å². The highest BCUT2D eigenvalue weighted by Gasteiger charge is 2.24. The molecule has 0 spiro atoms. The van der Waals surface area contributed by atoms with Gasteiger partial charge in [0.05, 0.1) is 6.10 Å². The third-order valence-electron chi connectivity index (χ3n) is 3.22. The molecule has 0 radical (unpaired) electrons. The molecule has 1 saturated carbocycles. The molecule has 0 aromatic carbocycles. The van der Waals surface area contributed by atoms with Crippen LogP contribution in [-0.2, 0) is 9.53 Å². The maximum absolute atomic E-state index is 11.1. The van der Waals surface area contributed by atoms with Crippen molar-refractivity contribution in [3.05, 3.63) is 0 Å². The van der Waals surface area contributed by atoms with Crippen LogP contribution in [0.4, 0.5) is 0 Å². The van der Waals surface area contributed by atoms with E-state index in [1.807, 2.05) is 6.92 Å². The highest BCUT2D eigenvalue weighted by atomic mass is 16.5. The van der Waals surface area contributed by atoms with Crippen molar-refractivity contribution in [1.82, 2.24) is 0 Å². The lowest BCUT2D eigenvalue weighted by Gasteiger charge is -2.30. The molecule has 2 nitrogen and oxygen atoms in total. The summed E-state index contributed by atoms with van der Waals surface area (Å²) in [7, 11) is 0. The summed E-state index contributed by atoms with van der Waals surface area (Å²) in [4.78, 5) is 11.1. The number of Topliss-reactive ketones (excluding diaryl/α,β-unsaturated/α-hetero) is 1. The largest absolute Gasteiger partial charge is 0.370 e. The predicted octanol–water partition coefficient (Wildman–Crippen LogP) is 2.95. The van der Waals surface area contributed by atoms with Crippen molar-refractivity contribution in [2.45, 2.75) is 58.5 Å². The molecule has 0 N–H and O–H groups in total. The minimum Gasteiger partial charge on any atom is -0.370 e. The van der Waals surface area contributed by atoms with E-state index in [0.717, 1.165) is 6.42 Å². The fourth-order valence-corrected chi connectivity index (χ4v) is 2.16. The number of ether oxygens (including phenoxy) is 1. The van der Waals surface area contributed by atoms with Gasteiger partial charge in [-0.05, 0) is 18.8 Å². The summed E-state index contributed by atoms with van der Waals surface area (Å²) in [5, 5.41) is 0. The molecule has 2 unspecified atom stereocenters. The topological polar surface area (TPSA) is 26.3 Å². The van der Waals surface area contributed by atoms with Gasteiger partial charge in [-0.25, -0.2) is 0 Å². The number of carbonyl (C=O) groups is 1. The van der Waals surface area contributed by atoms with Crippen molar-refractivity contribution >= 4 is 5.78 Å². The number of hydrogen-bond acceptors (Lipinski definition) is 2. The zero-order valence-electron chi connectivity index (χ0n) is 9.42. The van der Waals surface area contributed by atoms with Gasteiger partial charge in [0.15, 0.2) is 5.78 Å². The average molecular weight is 198 g/mol. The van der Waals surface area contributed by atoms with Crippen LogP contribution >= 0.6 is 0 Å². The Morgan fingerprint density at radius 3 is 2.64 bits per heavy atom. The molecule has 82 valence electrons. The molecular weight excluding hydrogens is 176 g/mol. The third-order valence-corrected chi connectivity index (χ3v) is 3.22. The van der Waals surface area contributed by atoms with Gasteiger partial charge in [-0.2, -0.15) is 0 Å². The van der Waals surface area contributed by atoms with Crippen LogP contribution in [0.2, 0.25) is 0 Å². The molecule has 1 aliphatic carbocycles. The van der Waals surface area contributed by atoms with Crippen LogP contribution in [0.3, 0.4) is 0 Å². The van der Waals surface area contributed by atoms with Gasteiger partial charge in [-0.15, -0.1) is 0 Å². The van der Waals surface area contributed by atoms with Crippen molar-refractivity contribution in [3.8, 4) is 0 Å². The Hall–Kier alpha value is -0.370. The lowest BCUT2D eigenvalue weighted by atomic mass is 9.85. The molecule has 2 heteroatoms. The number of ketones is 1. The molecule has 0 saturated heterocycles. The Morgan fingerprint density at radius 1 is 1.29 bits per heavy atom. The van der Waals surface area contributed by atoms with E-state index in [-0.39, 0.29) is 5.78 Å². The van der Waals surface area contributed by atoms with E-state index in [1.165, 1.54) is 25.7 Å². The van der Waals surface area contributed by atoms with Gasteiger partial charge in [-0.3, -0.25) is 4.79 Å². The van der Waals surface area contributed by atoms with E-state index in [1.54, 1.807) is 0 Å². The molecule has 0 bridgehead atoms. The average Bonchev–Trinajstić information content (AvgIpc) is 2.26. The Bertz CT molecular complexity index is 177. The van der Waals surface area contributed by atoms with Gasteiger partial charge in [0.25, 0.3) is 0 Å². The molecular formula is C12H22O2. The van der Waals surface area contributed by atoms with Crippen molar-refractivity contribution in [2.24, 2.45) is 5.92 Å². The first-order valence-corrected chi connectivity index (χ1v) is 5.91. The first kappa shape index (κ1) is 11.7. The number of hydrogen-bond donors (Lipinski definition) is 0. The maximum atomic E-state index is 11.1. The first-order valence-electron chi connectivity index (χ1n) is 5.91. The first-order chi connectivity index (χ1) is 6.77. The van der Waals surface area contributed by atoms with Crippen molar-refractivity contribution in [1.29, 1.82) is 0 Å². The molecule has 0 aromatic heterocycles. The van der Waals surface area contributed by atoms with Crippen LogP contribution < -0.4 is 0 Å². The van der Waals surface area contributed by atoms with Gasteiger partial charge in [-0.1, -0.05) is 33.1 Å². The Morgan fingerprint density at radius 2 is 2.00 bits per heavy atom. The van der Waals surface area contributed by atoms with Gasteiger partial charge in [0.1, 0.15) is 6.61 Å². The predicted molar refractivity (Wildman–Crippen MR) is 57.3 cm³/mol. The van der Waals surface area contributed by atoms with Gasteiger partial charge in [0, 0.05) is 6.42 Å². The zero-order valence-corrected chi connectivity index (χ0v) is 9.42. The Balaban J connectivity index is 2.29. The lowest BCUT2D eigenvalue weighted by Crippen LogP contribution is -2.29. The lowest BCUT2D eigenvalue weighted by molar-refractivity contribution is -0.127. The van der Waals surface area contributed by atoms with Crippen molar-refractivity contribution in [2.75, 3.05) is 6.61 Å². The van der Waals surface area contributed by atoms with Crippen LogP contribution in [-0.4, -0.2) is 18.5 Å². The molecule has 1 rings (SSSR count). The van der Waals surface area contributed by atoms with Crippen molar-refractivity contribution in [3.63, 3.8) is 0 Å². The molecule has 0 amide bonds. The second kappa shape index (κ2) is 6.18. The van der Waals surface area contributed by atoms with Gasteiger partial charge in [0.2, 0.25) is 0 Å². The monoisotopic (exact) mass is 198 g/mol. The van der Waals surface area contributed by atoms with Gasteiger partial charge < -0.3 is 4.74 Å². The standard InChI is InChI=1S/C12H22O2/c1-3-10-7-5-6-8-12(10)14-9-11(13)4-2/h10,12H,3-9H2,1-2H3. The SMILES string of the molecule is CCC(=O)COC1CCCCC1CC. The summed E-state index contributed by atoms with van der Waals surface area (Å²) in [6.07, 6.45) is 7.16. The van der Waals surface area contributed by atoms with Crippen LogP contribution in [0.15, 0.2) is 0 Å². The molecule has 1 aliphatic rings. The smallest absolute Gasteiger partial charge is 0.158 e. The molecule has 0 aromatic rings. The van der Waals surface area contributed by atoms with E-state index in [4.69, 9.17) is 4.74 Å². The fourth-order valence-electron chi connectivity index (χ4n) is 2.16. The van der Waals surface area contributed by atoms with E-state index in [2.05, 4.69) is 6.92 Å². The Labute approximate surface area is 87.0 Å². The summed E-state index contributed by atoms with van der Waals surface area (Å²) < 4.78 is 5.69. The van der Waals surface area contributed by atoms with E-state index < -0.39 is 0 Å². The second-order valence-electron chi connectivity index (χ2n) is 4.19. The van der Waals surface area contributed by atoms with E-state index in [0.29, 0.717) is 25.0 Å². The third kappa shape index (κ3) is 3.41. The molecule has 1 fully saturated rings. The highest BCUT2D eigenvalue weighted by Crippen LogP contribution is 2.28. The summed E-state index contributed by atoms with van der Waals surface area (Å²) in [5.74, 6) is 0.916. The molecule has 14 heavy (non-hydrogen) atoms. The van der Waals surface area contributed by atoms with Crippen molar-refractivity contribution < 1.29 is 9.53 Å². The maximum Gasteiger partial charge on any atom is 0.158 e. The summed E-state index contributed by atoms with van der Waals surface area (Å²) in [6.45, 7) is 4.44. The van der Waals surface area contributed by atoms with E-state index >= 15 is 0 Å². The second-order valence-corrected chi connectivity index (χ2v) is 4.19. The van der Waals surface area contributed by atoms with E-state index in [9.17, 15) is 4.79 Å². The normalized spacial score (nSPS) is 27.6. The van der Waals surface area contributed by atoms with Crippen LogP contribution in [0.5, 0.6) is 0 Å². The molecule has 2 atom stereocenters. The quantitative estimate of drug-likeness (QED) is 0.679. The molecule has 0 aliphatic heterocycles. The number of carbonyl (C=O) groups excluding carboxylic acids is 1. The van der Waals surface area contributed by atoms with Gasteiger partial charge >= 0.3 is 0 Å². The fraction of sp³-hybridized carbons (Fsp3) is 0.917. The van der Waals surface area contributed by atoms with Crippen LogP contribution in [0.25, 0.3) is 0 Å². The van der Waals surface area contributed by atoms with Crippen LogP contribution in [0.1, 0.15) is 52.4 Å². The molecule has 0 heterocycles. The zero-order chi connectivity index (χ0) is 10.4. The summed E-state index contributed by atoms with van der Waals surface area (Å²) in [5.41, 5.74) is 0. The minimum absolute atomic E-state index is 0.227. The summed E-state index contributed by atoms with van der Waals surface area (Å²) in [6, 6.07) is 0. The summed E-state index contributed by atoms with van der Waals surface area (Å²) >= 11 is 0. The highest BCUT2D eigenvalue weighted by molar-refractivity contribution is 5.79. The Kier molecular flexibility index (Phi) is 5.16.